The number of hydrogen-bond acceptors (Lipinski definition) is 3. The Morgan fingerprint density at radius 1 is 1.25 bits per heavy atom. The van der Waals surface area contributed by atoms with Crippen LogP contribution in [0.3, 0.4) is 0 Å². The lowest BCUT2D eigenvalue weighted by Gasteiger charge is -2.35. The highest BCUT2D eigenvalue weighted by Gasteiger charge is 2.31. The topological polar surface area (TPSA) is 24.5 Å². The Bertz CT molecular complexity index is 230. The fourth-order valence-electron chi connectivity index (χ4n) is 2.98. The summed E-state index contributed by atoms with van der Waals surface area (Å²) < 4.78 is 5.91. The van der Waals surface area contributed by atoms with Gasteiger partial charge in [-0.1, -0.05) is 12.8 Å². The quantitative estimate of drug-likeness (QED) is 0.711. The van der Waals surface area contributed by atoms with Gasteiger partial charge in [0.25, 0.3) is 0 Å². The first-order valence-electron chi connectivity index (χ1n) is 6.98. The second-order valence-electron chi connectivity index (χ2n) is 5.68. The van der Waals surface area contributed by atoms with Crippen LogP contribution in [0.25, 0.3) is 0 Å². The predicted molar refractivity (Wildman–Crippen MR) is 64.5 cm³/mol. The highest BCUT2D eigenvalue weighted by atomic mass is 16.5. The number of ether oxygens (including phenoxy) is 1. The lowest BCUT2D eigenvalue weighted by Crippen LogP contribution is -2.49. The van der Waals surface area contributed by atoms with Gasteiger partial charge in [-0.25, -0.2) is 0 Å². The highest BCUT2D eigenvalue weighted by molar-refractivity contribution is 4.86. The molecule has 3 fully saturated rings. The van der Waals surface area contributed by atoms with Crippen molar-refractivity contribution in [2.24, 2.45) is 5.92 Å². The smallest absolute Gasteiger partial charge is 0.0826 e. The van der Waals surface area contributed by atoms with E-state index >= 15 is 0 Å². The molecular formula is C13H24N2O. The summed E-state index contributed by atoms with van der Waals surface area (Å²) in [6.45, 7) is 5.66. The van der Waals surface area contributed by atoms with Crippen molar-refractivity contribution in [2.75, 3.05) is 32.8 Å². The van der Waals surface area contributed by atoms with Crippen molar-refractivity contribution in [2.45, 2.75) is 44.2 Å². The lowest BCUT2D eigenvalue weighted by atomic mass is 10.2. The third-order valence-corrected chi connectivity index (χ3v) is 4.26. The van der Waals surface area contributed by atoms with E-state index in [0.29, 0.717) is 6.10 Å². The van der Waals surface area contributed by atoms with Crippen LogP contribution in [0.2, 0.25) is 0 Å². The number of rotatable bonds is 5. The average Bonchev–Trinajstić information content (AvgIpc) is 3.01. The van der Waals surface area contributed by atoms with Gasteiger partial charge in [0.1, 0.15) is 0 Å². The van der Waals surface area contributed by atoms with E-state index in [1.165, 1.54) is 45.2 Å². The zero-order valence-electron chi connectivity index (χ0n) is 10.2. The lowest BCUT2D eigenvalue weighted by molar-refractivity contribution is -0.0468. The maximum atomic E-state index is 5.91. The molecule has 3 rings (SSSR count). The second-order valence-corrected chi connectivity index (χ2v) is 5.68. The van der Waals surface area contributed by atoms with E-state index in [-0.39, 0.29) is 0 Å². The van der Waals surface area contributed by atoms with Gasteiger partial charge in [-0.2, -0.15) is 0 Å². The third kappa shape index (κ3) is 2.76. The van der Waals surface area contributed by atoms with Crippen molar-refractivity contribution in [1.29, 1.82) is 0 Å². The highest BCUT2D eigenvalue weighted by Crippen LogP contribution is 2.31. The van der Waals surface area contributed by atoms with E-state index in [4.69, 9.17) is 4.74 Å². The molecular weight excluding hydrogens is 200 g/mol. The molecule has 3 heteroatoms. The molecule has 2 heterocycles. The number of nitrogens with zero attached hydrogens (tertiary/aromatic N) is 1. The molecule has 2 aliphatic heterocycles. The first kappa shape index (κ1) is 11.0. The summed E-state index contributed by atoms with van der Waals surface area (Å²) in [6.07, 6.45) is 7.47. The van der Waals surface area contributed by atoms with E-state index in [9.17, 15) is 0 Å². The van der Waals surface area contributed by atoms with Crippen LogP contribution in [0.4, 0.5) is 0 Å². The third-order valence-electron chi connectivity index (χ3n) is 4.26. The van der Waals surface area contributed by atoms with Crippen LogP contribution in [0, 0.1) is 5.92 Å². The molecule has 1 N–H and O–H groups in total. The zero-order chi connectivity index (χ0) is 10.8. The van der Waals surface area contributed by atoms with Gasteiger partial charge in [0.05, 0.1) is 12.7 Å². The predicted octanol–water partition coefficient (Wildman–Crippen LogP) is 1.24. The molecule has 2 unspecified atom stereocenters. The monoisotopic (exact) mass is 224 g/mol. The van der Waals surface area contributed by atoms with Crippen LogP contribution < -0.4 is 5.32 Å². The molecule has 3 nitrogen and oxygen atoms in total. The largest absolute Gasteiger partial charge is 0.374 e. The van der Waals surface area contributed by atoms with Crippen molar-refractivity contribution in [3.05, 3.63) is 0 Å². The van der Waals surface area contributed by atoms with Crippen LogP contribution in [0.15, 0.2) is 0 Å². The standard InChI is InChI=1S/C13H24N2O/c1-2-12-10-16-13(9-15(12)7-1)8-14-6-5-11-3-4-11/h11-14H,1-10H2. The molecule has 0 aromatic rings. The minimum atomic E-state index is 0.438. The molecule has 2 atom stereocenters. The van der Waals surface area contributed by atoms with Gasteiger partial charge in [0.2, 0.25) is 0 Å². The summed E-state index contributed by atoms with van der Waals surface area (Å²) in [7, 11) is 0. The number of hydrogen-bond donors (Lipinski definition) is 1. The Labute approximate surface area is 98.5 Å². The summed E-state index contributed by atoms with van der Waals surface area (Å²) in [6, 6.07) is 0.739. The van der Waals surface area contributed by atoms with Crippen molar-refractivity contribution in [1.82, 2.24) is 10.2 Å². The normalized spacial score (nSPS) is 35.2. The van der Waals surface area contributed by atoms with Crippen molar-refractivity contribution >= 4 is 0 Å². The Morgan fingerprint density at radius 3 is 3.06 bits per heavy atom. The van der Waals surface area contributed by atoms with Crippen LogP contribution in [-0.2, 0) is 4.74 Å². The van der Waals surface area contributed by atoms with Gasteiger partial charge in [-0.15, -0.1) is 0 Å². The minimum Gasteiger partial charge on any atom is -0.374 e. The molecule has 2 saturated heterocycles. The van der Waals surface area contributed by atoms with E-state index in [2.05, 4.69) is 10.2 Å². The Morgan fingerprint density at radius 2 is 2.19 bits per heavy atom. The first-order valence-corrected chi connectivity index (χ1v) is 6.98. The van der Waals surface area contributed by atoms with Crippen molar-refractivity contribution in [3.63, 3.8) is 0 Å². The van der Waals surface area contributed by atoms with Crippen LogP contribution >= 0.6 is 0 Å². The summed E-state index contributed by atoms with van der Waals surface area (Å²) in [4.78, 5) is 2.62. The van der Waals surface area contributed by atoms with Crippen molar-refractivity contribution in [3.8, 4) is 0 Å². The fraction of sp³-hybridized carbons (Fsp3) is 1.00. The summed E-state index contributed by atoms with van der Waals surface area (Å²) in [5.74, 6) is 1.04. The second kappa shape index (κ2) is 5.03. The molecule has 0 spiro atoms. The van der Waals surface area contributed by atoms with E-state index in [1.807, 2.05) is 0 Å². The SMILES string of the molecule is C1CC2COC(CNCCC3CC3)CN2C1. The average molecular weight is 224 g/mol. The van der Waals surface area contributed by atoms with Gasteiger partial charge in [0, 0.05) is 19.1 Å². The molecule has 92 valence electrons. The maximum Gasteiger partial charge on any atom is 0.0826 e. The fourth-order valence-corrected chi connectivity index (χ4v) is 2.98. The van der Waals surface area contributed by atoms with Crippen LogP contribution in [0.5, 0.6) is 0 Å². The van der Waals surface area contributed by atoms with Gasteiger partial charge in [0.15, 0.2) is 0 Å². The molecule has 0 bridgehead atoms. The molecule has 16 heavy (non-hydrogen) atoms. The summed E-state index contributed by atoms with van der Waals surface area (Å²) >= 11 is 0. The summed E-state index contributed by atoms with van der Waals surface area (Å²) in [5.41, 5.74) is 0. The number of morpholine rings is 1. The minimum absolute atomic E-state index is 0.438. The number of fused-ring (bicyclic) bond motifs is 1. The van der Waals surface area contributed by atoms with Gasteiger partial charge in [-0.3, -0.25) is 4.90 Å². The van der Waals surface area contributed by atoms with Crippen LogP contribution in [-0.4, -0.2) is 49.8 Å². The molecule has 0 amide bonds. The van der Waals surface area contributed by atoms with Crippen molar-refractivity contribution < 1.29 is 4.74 Å². The maximum absolute atomic E-state index is 5.91. The zero-order valence-corrected chi connectivity index (χ0v) is 10.2. The van der Waals surface area contributed by atoms with Gasteiger partial charge in [-0.05, 0) is 38.3 Å². The van der Waals surface area contributed by atoms with E-state index in [0.717, 1.165) is 31.7 Å². The van der Waals surface area contributed by atoms with E-state index < -0.39 is 0 Å². The molecule has 0 aromatic heterocycles. The van der Waals surface area contributed by atoms with E-state index in [1.54, 1.807) is 0 Å². The first-order chi connectivity index (χ1) is 7.92. The molecule has 0 aromatic carbocycles. The number of nitrogens with one attached hydrogen (secondary N) is 1. The Hall–Kier alpha value is -0.120. The summed E-state index contributed by atoms with van der Waals surface area (Å²) in [5, 5.41) is 3.55. The molecule has 1 aliphatic carbocycles. The molecule has 1 saturated carbocycles. The van der Waals surface area contributed by atoms with Gasteiger partial charge < -0.3 is 10.1 Å². The molecule has 3 aliphatic rings. The Balaban J connectivity index is 1.32. The van der Waals surface area contributed by atoms with Crippen LogP contribution in [0.1, 0.15) is 32.1 Å². The van der Waals surface area contributed by atoms with Gasteiger partial charge >= 0.3 is 0 Å². The molecule has 0 radical (unpaired) electrons. The Kier molecular flexibility index (Phi) is 3.46.